The van der Waals surface area contributed by atoms with E-state index in [2.05, 4.69) is 5.32 Å². The van der Waals surface area contributed by atoms with Gasteiger partial charge < -0.3 is 15.2 Å². The van der Waals surface area contributed by atoms with Crippen LogP contribution in [0.15, 0.2) is 35.7 Å². The minimum absolute atomic E-state index is 0.117. The normalized spacial score (nSPS) is 12.1. The van der Waals surface area contributed by atoms with Gasteiger partial charge in [-0.1, -0.05) is 12.1 Å². The molecule has 5 heteroatoms. The number of hydrogen-bond donors (Lipinski definition) is 2. The van der Waals surface area contributed by atoms with Gasteiger partial charge in [-0.2, -0.15) is 0 Å². The summed E-state index contributed by atoms with van der Waals surface area (Å²) in [5.41, 5.74) is 1.92. The number of rotatable bonds is 6. The Morgan fingerprint density at radius 3 is 2.95 bits per heavy atom. The molecule has 0 aliphatic carbocycles. The number of aromatic carboxylic acids is 1. The molecule has 1 heterocycles. The van der Waals surface area contributed by atoms with Crippen LogP contribution in [0.4, 0.5) is 0 Å². The van der Waals surface area contributed by atoms with Gasteiger partial charge >= 0.3 is 5.97 Å². The average molecular weight is 291 g/mol. The number of carboxylic acid groups (broad SMARTS) is 1. The van der Waals surface area contributed by atoms with Crippen molar-refractivity contribution in [3.05, 3.63) is 51.7 Å². The molecule has 1 atom stereocenters. The van der Waals surface area contributed by atoms with E-state index in [1.54, 1.807) is 12.5 Å². The van der Waals surface area contributed by atoms with Crippen molar-refractivity contribution in [2.75, 3.05) is 7.11 Å². The van der Waals surface area contributed by atoms with Gasteiger partial charge in [0.05, 0.1) is 7.11 Å². The van der Waals surface area contributed by atoms with E-state index in [-0.39, 0.29) is 6.04 Å². The highest BCUT2D eigenvalue weighted by Gasteiger charge is 2.13. The third kappa shape index (κ3) is 3.37. The number of nitrogens with one attached hydrogen (secondary N) is 1. The molecule has 0 saturated heterocycles. The molecule has 0 aliphatic rings. The summed E-state index contributed by atoms with van der Waals surface area (Å²) in [6.07, 6.45) is 0. The van der Waals surface area contributed by atoms with E-state index in [9.17, 15) is 4.79 Å². The summed E-state index contributed by atoms with van der Waals surface area (Å²) < 4.78 is 5.20. The number of benzene rings is 1. The fourth-order valence-electron chi connectivity index (χ4n) is 1.95. The quantitative estimate of drug-likeness (QED) is 0.857. The van der Waals surface area contributed by atoms with E-state index in [1.807, 2.05) is 37.3 Å². The van der Waals surface area contributed by atoms with Crippen LogP contribution in [0.2, 0.25) is 0 Å². The highest BCUT2D eigenvalue weighted by atomic mass is 32.1. The van der Waals surface area contributed by atoms with Crippen LogP contribution in [0.5, 0.6) is 5.75 Å². The van der Waals surface area contributed by atoms with E-state index in [1.165, 1.54) is 11.3 Å². The summed E-state index contributed by atoms with van der Waals surface area (Å²) >= 11 is 1.25. The van der Waals surface area contributed by atoms with E-state index in [0.29, 0.717) is 11.4 Å². The Balaban J connectivity index is 2.02. The summed E-state index contributed by atoms with van der Waals surface area (Å²) in [5.74, 6) is -0.0521. The predicted molar refractivity (Wildman–Crippen MR) is 79.5 cm³/mol. The standard InChI is InChI=1S/C15H17NO3S/c1-10(11-4-3-5-13(8-11)19-2)16-9-12-6-7-20-14(12)15(17)18/h3-8,10,16H,9H2,1-2H3,(H,17,18)/t10-/m1/s1. The van der Waals surface area contributed by atoms with Gasteiger partial charge in [0.1, 0.15) is 10.6 Å². The van der Waals surface area contributed by atoms with E-state index < -0.39 is 5.97 Å². The fraction of sp³-hybridized carbons (Fsp3) is 0.267. The van der Waals surface area contributed by atoms with Gasteiger partial charge in [0.15, 0.2) is 0 Å². The van der Waals surface area contributed by atoms with Crippen molar-refractivity contribution in [1.82, 2.24) is 5.32 Å². The van der Waals surface area contributed by atoms with Crippen LogP contribution in [0, 0.1) is 0 Å². The van der Waals surface area contributed by atoms with Crippen molar-refractivity contribution >= 4 is 17.3 Å². The Morgan fingerprint density at radius 2 is 2.25 bits per heavy atom. The van der Waals surface area contributed by atoms with Gasteiger partial charge in [-0.3, -0.25) is 0 Å². The molecule has 0 radical (unpaired) electrons. The highest BCUT2D eigenvalue weighted by molar-refractivity contribution is 7.12. The minimum atomic E-state index is -0.870. The molecular weight excluding hydrogens is 274 g/mol. The van der Waals surface area contributed by atoms with Gasteiger partial charge in [0, 0.05) is 12.6 Å². The smallest absolute Gasteiger partial charge is 0.346 e. The minimum Gasteiger partial charge on any atom is -0.497 e. The largest absolute Gasteiger partial charge is 0.497 e. The Kier molecular flexibility index (Phi) is 4.76. The van der Waals surface area contributed by atoms with Crippen molar-refractivity contribution in [2.24, 2.45) is 0 Å². The van der Waals surface area contributed by atoms with Crippen LogP contribution in [0.3, 0.4) is 0 Å². The van der Waals surface area contributed by atoms with Crippen molar-refractivity contribution in [2.45, 2.75) is 19.5 Å². The summed E-state index contributed by atoms with van der Waals surface area (Å²) in [5, 5.41) is 14.2. The molecule has 1 aromatic heterocycles. The Morgan fingerprint density at radius 1 is 1.45 bits per heavy atom. The molecule has 0 saturated carbocycles. The average Bonchev–Trinajstić information content (AvgIpc) is 2.93. The van der Waals surface area contributed by atoms with Crippen LogP contribution in [-0.4, -0.2) is 18.2 Å². The molecule has 1 aromatic carbocycles. The first-order chi connectivity index (χ1) is 9.61. The molecule has 0 amide bonds. The van der Waals surface area contributed by atoms with Crippen molar-refractivity contribution in [3.63, 3.8) is 0 Å². The zero-order chi connectivity index (χ0) is 14.5. The number of methoxy groups -OCH3 is 1. The van der Waals surface area contributed by atoms with Crippen molar-refractivity contribution in [3.8, 4) is 5.75 Å². The fourth-order valence-corrected chi connectivity index (χ4v) is 2.72. The van der Waals surface area contributed by atoms with E-state index in [0.717, 1.165) is 16.9 Å². The molecule has 106 valence electrons. The zero-order valence-electron chi connectivity index (χ0n) is 11.4. The van der Waals surface area contributed by atoms with E-state index >= 15 is 0 Å². The molecule has 0 aliphatic heterocycles. The molecule has 2 aromatic rings. The summed E-state index contributed by atoms with van der Waals surface area (Å²) in [6.45, 7) is 2.57. The van der Waals surface area contributed by atoms with Crippen molar-refractivity contribution in [1.29, 1.82) is 0 Å². The molecule has 0 fully saturated rings. The first-order valence-electron chi connectivity index (χ1n) is 6.29. The molecule has 2 rings (SSSR count). The number of carboxylic acids is 1. The third-order valence-corrected chi connectivity index (χ3v) is 4.08. The number of ether oxygens (including phenoxy) is 1. The zero-order valence-corrected chi connectivity index (χ0v) is 12.2. The second kappa shape index (κ2) is 6.54. The summed E-state index contributed by atoms with van der Waals surface area (Å²) in [4.78, 5) is 11.4. The third-order valence-electron chi connectivity index (χ3n) is 3.13. The Bertz CT molecular complexity index is 594. The van der Waals surface area contributed by atoms with Crippen LogP contribution < -0.4 is 10.1 Å². The topological polar surface area (TPSA) is 58.6 Å². The molecule has 2 N–H and O–H groups in total. The maximum Gasteiger partial charge on any atom is 0.346 e. The molecular formula is C15H17NO3S. The van der Waals surface area contributed by atoms with Crippen LogP contribution in [0.25, 0.3) is 0 Å². The Labute approximate surface area is 122 Å². The highest BCUT2D eigenvalue weighted by Crippen LogP contribution is 2.21. The predicted octanol–water partition coefficient (Wildman–Crippen LogP) is 3.31. The number of thiophene rings is 1. The van der Waals surface area contributed by atoms with Gasteiger partial charge in [0.25, 0.3) is 0 Å². The van der Waals surface area contributed by atoms with Crippen molar-refractivity contribution < 1.29 is 14.6 Å². The SMILES string of the molecule is COc1cccc([C@@H](C)NCc2ccsc2C(=O)O)c1. The van der Waals surface area contributed by atoms with Gasteiger partial charge in [-0.25, -0.2) is 4.79 Å². The second-order valence-electron chi connectivity index (χ2n) is 4.46. The maximum atomic E-state index is 11.0. The lowest BCUT2D eigenvalue weighted by Gasteiger charge is -2.15. The van der Waals surface area contributed by atoms with Crippen LogP contribution in [-0.2, 0) is 6.54 Å². The molecule has 4 nitrogen and oxygen atoms in total. The molecule has 0 unspecified atom stereocenters. The molecule has 0 bridgehead atoms. The van der Waals surface area contributed by atoms with Gasteiger partial charge in [-0.15, -0.1) is 11.3 Å². The lowest BCUT2D eigenvalue weighted by atomic mass is 10.1. The van der Waals surface area contributed by atoms with Gasteiger partial charge in [-0.05, 0) is 41.6 Å². The molecule has 0 spiro atoms. The monoisotopic (exact) mass is 291 g/mol. The first kappa shape index (κ1) is 14.6. The lowest BCUT2D eigenvalue weighted by molar-refractivity contribution is 0.0701. The Hall–Kier alpha value is -1.85. The first-order valence-corrected chi connectivity index (χ1v) is 7.16. The van der Waals surface area contributed by atoms with Gasteiger partial charge in [0.2, 0.25) is 0 Å². The maximum absolute atomic E-state index is 11.0. The summed E-state index contributed by atoms with van der Waals surface area (Å²) in [7, 11) is 1.64. The second-order valence-corrected chi connectivity index (χ2v) is 5.38. The van der Waals surface area contributed by atoms with E-state index in [4.69, 9.17) is 9.84 Å². The van der Waals surface area contributed by atoms with Crippen LogP contribution in [0.1, 0.15) is 33.8 Å². The number of carbonyl (C=O) groups is 1. The summed E-state index contributed by atoms with van der Waals surface area (Å²) in [6, 6.07) is 9.80. The number of hydrogen-bond acceptors (Lipinski definition) is 4. The lowest BCUT2D eigenvalue weighted by Crippen LogP contribution is -2.19. The molecule has 20 heavy (non-hydrogen) atoms. The van der Waals surface area contributed by atoms with Crippen LogP contribution >= 0.6 is 11.3 Å².